The Hall–Kier alpha value is -1.52. The molecular formula is C12H22N4O. The van der Waals surface area contributed by atoms with Gasteiger partial charge in [-0.15, -0.1) is 0 Å². The SMILES string of the molecule is Cc1nn(CCC(C)(C)C(N)=NO)c(C)c1C. The molecule has 5 heteroatoms. The lowest BCUT2D eigenvalue weighted by Crippen LogP contribution is -2.33. The summed E-state index contributed by atoms with van der Waals surface area (Å²) in [5.74, 6) is 0.260. The topological polar surface area (TPSA) is 76.4 Å². The molecule has 3 N–H and O–H groups in total. The lowest BCUT2D eigenvalue weighted by molar-refractivity contribution is 0.302. The van der Waals surface area contributed by atoms with Crippen molar-refractivity contribution in [2.45, 2.75) is 47.6 Å². The lowest BCUT2D eigenvalue weighted by Gasteiger charge is -2.22. The normalized spacial score (nSPS) is 13.1. The number of amidine groups is 1. The van der Waals surface area contributed by atoms with Crippen LogP contribution in [0.3, 0.4) is 0 Å². The van der Waals surface area contributed by atoms with Gasteiger partial charge >= 0.3 is 0 Å². The van der Waals surface area contributed by atoms with Crippen molar-refractivity contribution in [3.05, 3.63) is 17.0 Å². The number of aryl methyl sites for hydroxylation is 2. The summed E-state index contributed by atoms with van der Waals surface area (Å²) in [7, 11) is 0. The molecule has 0 atom stereocenters. The Morgan fingerprint density at radius 2 is 2.00 bits per heavy atom. The van der Waals surface area contributed by atoms with Gasteiger partial charge in [-0.2, -0.15) is 5.10 Å². The van der Waals surface area contributed by atoms with Gasteiger partial charge in [-0.25, -0.2) is 0 Å². The highest BCUT2D eigenvalue weighted by atomic mass is 16.4. The van der Waals surface area contributed by atoms with Gasteiger partial charge < -0.3 is 10.9 Å². The molecule has 96 valence electrons. The second kappa shape index (κ2) is 4.77. The van der Waals surface area contributed by atoms with Gasteiger partial charge in [0.15, 0.2) is 0 Å². The summed E-state index contributed by atoms with van der Waals surface area (Å²) in [4.78, 5) is 0. The van der Waals surface area contributed by atoms with Crippen molar-refractivity contribution in [3.63, 3.8) is 0 Å². The summed E-state index contributed by atoms with van der Waals surface area (Å²) >= 11 is 0. The first-order chi connectivity index (χ1) is 7.79. The van der Waals surface area contributed by atoms with E-state index in [0.29, 0.717) is 0 Å². The van der Waals surface area contributed by atoms with E-state index < -0.39 is 0 Å². The molecule has 0 unspecified atom stereocenters. The molecule has 1 aromatic heterocycles. The van der Waals surface area contributed by atoms with Crippen LogP contribution < -0.4 is 5.73 Å². The van der Waals surface area contributed by atoms with Crippen LogP contribution in [-0.4, -0.2) is 20.8 Å². The fraction of sp³-hybridized carbons (Fsp3) is 0.667. The van der Waals surface area contributed by atoms with Crippen LogP contribution in [0.2, 0.25) is 0 Å². The molecule has 0 spiro atoms. The van der Waals surface area contributed by atoms with Crippen LogP contribution in [0, 0.1) is 26.2 Å². The zero-order chi connectivity index (χ0) is 13.2. The Labute approximate surface area is 102 Å². The number of oxime groups is 1. The smallest absolute Gasteiger partial charge is 0.144 e. The van der Waals surface area contributed by atoms with Crippen molar-refractivity contribution in [2.24, 2.45) is 16.3 Å². The fourth-order valence-electron chi connectivity index (χ4n) is 1.65. The van der Waals surface area contributed by atoms with Gasteiger partial charge in [-0.3, -0.25) is 4.68 Å². The largest absolute Gasteiger partial charge is 0.409 e. The highest BCUT2D eigenvalue weighted by Gasteiger charge is 2.24. The zero-order valence-electron chi connectivity index (χ0n) is 11.3. The molecule has 0 amide bonds. The molecule has 1 heterocycles. The molecule has 1 aromatic rings. The first kappa shape index (κ1) is 13.5. The van der Waals surface area contributed by atoms with Crippen molar-refractivity contribution in [1.82, 2.24) is 9.78 Å². The predicted molar refractivity (Wildman–Crippen MR) is 68.2 cm³/mol. The molecule has 5 nitrogen and oxygen atoms in total. The average molecular weight is 238 g/mol. The molecule has 0 saturated carbocycles. The van der Waals surface area contributed by atoms with Crippen molar-refractivity contribution >= 4 is 5.84 Å². The molecule has 0 aliphatic heterocycles. The summed E-state index contributed by atoms with van der Waals surface area (Å²) in [6.07, 6.45) is 0.782. The lowest BCUT2D eigenvalue weighted by atomic mass is 9.88. The average Bonchev–Trinajstić information content (AvgIpc) is 2.53. The molecule has 0 saturated heterocycles. The molecule has 17 heavy (non-hydrogen) atoms. The molecule has 0 aliphatic rings. The maximum atomic E-state index is 8.71. The van der Waals surface area contributed by atoms with Crippen LogP contribution in [0.4, 0.5) is 0 Å². The van der Waals surface area contributed by atoms with Gasteiger partial charge in [0.25, 0.3) is 0 Å². The Balaban J connectivity index is 2.77. The van der Waals surface area contributed by atoms with E-state index in [1.165, 1.54) is 11.3 Å². The zero-order valence-corrected chi connectivity index (χ0v) is 11.3. The van der Waals surface area contributed by atoms with Crippen LogP contribution >= 0.6 is 0 Å². The summed E-state index contributed by atoms with van der Waals surface area (Å²) in [6.45, 7) is 10.8. The molecule has 0 fully saturated rings. The van der Waals surface area contributed by atoms with Crippen molar-refractivity contribution in [1.29, 1.82) is 0 Å². The summed E-state index contributed by atoms with van der Waals surface area (Å²) in [5, 5.41) is 16.3. The van der Waals surface area contributed by atoms with Crippen LogP contribution in [0.5, 0.6) is 0 Å². The first-order valence-electron chi connectivity index (χ1n) is 5.78. The van der Waals surface area contributed by atoms with E-state index in [-0.39, 0.29) is 11.3 Å². The van der Waals surface area contributed by atoms with Crippen molar-refractivity contribution in [2.75, 3.05) is 0 Å². The van der Waals surface area contributed by atoms with Crippen LogP contribution in [0.25, 0.3) is 0 Å². The monoisotopic (exact) mass is 238 g/mol. The van der Waals surface area contributed by atoms with Crippen LogP contribution in [0.1, 0.15) is 37.2 Å². The second-order valence-corrected chi connectivity index (χ2v) is 5.14. The third-order valence-corrected chi connectivity index (χ3v) is 3.49. The molecule has 0 bridgehead atoms. The van der Waals surface area contributed by atoms with Gasteiger partial charge in [0.1, 0.15) is 5.84 Å². The highest BCUT2D eigenvalue weighted by molar-refractivity contribution is 5.85. The Morgan fingerprint density at radius 1 is 1.41 bits per heavy atom. The minimum atomic E-state index is -0.324. The second-order valence-electron chi connectivity index (χ2n) is 5.14. The van der Waals surface area contributed by atoms with E-state index in [9.17, 15) is 0 Å². The van der Waals surface area contributed by atoms with E-state index in [4.69, 9.17) is 10.9 Å². The van der Waals surface area contributed by atoms with E-state index in [0.717, 1.165) is 18.7 Å². The van der Waals surface area contributed by atoms with Gasteiger partial charge in [0.2, 0.25) is 0 Å². The molecule has 1 rings (SSSR count). The third-order valence-electron chi connectivity index (χ3n) is 3.49. The van der Waals surface area contributed by atoms with Gasteiger partial charge in [-0.1, -0.05) is 19.0 Å². The Morgan fingerprint density at radius 3 is 2.41 bits per heavy atom. The number of nitrogens with zero attached hydrogens (tertiary/aromatic N) is 3. The number of hydrogen-bond donors (Lipinski definition) is 2. The van der Waals surface area contributed by atoms with Crippen molar-refractivity contribution < 1.29 is 5.21 Å². The van der Waals surface area contributed by atoms with Gasteiger partial charge in [0, 0.05) is 17.7 Å². The van der Waals surface area contributed by atoms with E-state index in [2.05, 4.69) is 24.1 Å². The Kier molecular flexibility index (Phi) is 3.80. The maximum absolute atomic E-state index is 8.71. The summed E-state index contributed by atoms with van der Waals surface area (Å²) < 4.78 is 1.98. The predicted octanol–water partition coefficient (Wildman–Crippen LogP) is 1.97. The standard InChI is InChI=1S/C12H22N4O/c1-8-9(2)14-16(10(8)3)7-6-12(4,5)11(13)15-17/h17H,6-7H2,1-5H3,(H2,13,15). The minimum Gasteiger partial charge on any atom is -0.409 e. The Bertz CT molecular complexity index is 432. The first-order valence-corrected chi connectivity index (χ1v) is 5.78. The quantitative estimate of drug-likeness (QED) is 0.364. The number of aromatic nitrogens is 2. The fourth-order valence-corrected chi connectivity index (χ4v) is 1.65. The van der Waals surface area contributed by atoms with E-state index in [1.54, 1.807) is 0 Å². The highest BCUT2D eigenvalue weighted by Crippen LogP contribution is 2.22. The van der Waals surface area contributed by atoms with Gasteiger partial charge in [-0.05, 0) is 32.8 Å². The minimum absolute atomic E-state index is 0.260. The van der Waals surface area contributed by atoms with Crippen molar-refractivity contribution in [3.8, 4) is 0 Å². The van der Waals surface area contributed by atoms with Crippen LogP contribution in [0.15, 0.2) is 5.16 Å². The van der Waals surface area contributed by atoms with Gasteiger partial charge in [0.05, 0.1) is 5.69 Å². The molecule has 0 aromatic carbocycles. The number of nitrogens with two attached hydrogens (primary N) is 1. The van der Waals surface area contributed by atoms with E-state index in [1.807, 2.05) is 25.5 Å². The summed E-state index contributed by atoms with van der Waals surface area (Å²) in [5.41, 5.74) is 8.80. The number of rotatable bonds is 4. The number of hydrogen-bond acceptors (Lipinski definition) is 3. The van der Waals surface area contributed by atoms with E-state index >= 15 is 0 Å². The third kappa shape index (κ3) is 2.78. The van der Waals surface area contributed by atoms with Crippen LogP contribution in [-0.2, 0) is 6.54 Å². The summed E-state index contributed by atoms with van der Waals surface area (Å²) in [6, 6.07) is 0. The molecule has 0 aliphatic carbocycles. The maximum Gasteiger partial charge on any atom is 0.144 e. The molecular weight excluding hydrogens is 216 g/mol. The molecule has 0 radical (unpaired) electrons.